The van der Waals surface area contributed by atoms with Crippen molar-refractivity contribution in [3.63, 3.8) is 0 Å². The topological polar surface area (TPSA) is 92.2 Å². The van der Waals surface area contributed by atoms with Crippen molar-refractivity contribution in [2.75, 3.05) is 11.5 Å². The van der Waals surface area contributed by atoms with E-state index in [9.17, 15) is 19.6 Å². The maximum Gasteiger partial charge on any atom is 4.00 e. The fourth-order valence-corrected chi connectivity index (χ4v) is 7.40. The van der Waals surface area contributed by atoms with Crippen LogP contribution in [0.1, 0.15) is 117 Å². The van der Waals surface area contributed by atoms with Gasteiger partial charge in [0.05, 0.1) is 0 Å². The zero-order chi connectivity index (χ0) is 23.1. The molecule has 0 aromatic heterocycles. The Balaban J connectivity index is -0.000000490. The van der Waals surface area contributed by atoms with Crippen LogP contribution in [-0.4, -0.2) is 11.5 Å². The molecule has 0 saturated carbocycles. The minimum absolute atomic E-state index is 0. The van der Waals surface area contributed by atoms with Crippen LogP contribution in [0, 0.1) is 0 Å². The van der Waals surface area contributed by atoms with E-state index in [-0.39, 0.29) is 21.1 Å². The van der Waals surface area contributed by atoms with Crippen molar-refractivity contribution >= 4 is 57.8 Å². The molecule has 0 N–H and O–H groups in total. The number of rotatable bonds is 20. The first-order chi connectivity index (χ1) is 14.1. The first-order valence-electron chi connectivity index (χ1n) is 11.5. The van der Waals surface area contributed by atoms with Crippen LogP contribution in [0.25, 0.3) is 0 Å². The minimum atomic E-state index is -3.49. The van der Waals surface area contributed by atoms with Crippen molar-refractivity contribution in [3.8, 4) is 0 Å². The molecule has 4 nitrogen and oxygen atoms in total. The summed E-state index contributed by atoms with van der Waals surface area (Å²) in [7, 11) is 0. The third-order valence-corrected chi connectivity index (χ3v) is 11.0. The Hall–Kier alpha value is 2.53. The second-order valence-corrected chi connectivity index (χ2v) is 19.3. The van der Waals surface area contributed by atoms with Gasteiger partial charge in [-0.05, 0) is 24.3 Å². The van der Waals surface area contributed by atoms with Gasteiger partial charge in [0.25, 0.3) is 0 Å². The first kappa shape index (κ1) is 38.1. The summed E-state index contributed by atoms with van der Waals surface area (Å²) < 4.78 is 0. The molecule has 0 unspecified atom stereocenters. The van der Waals surface area contributed by atoms with Gasteiger partial charge in [0.1, 0.15) is 0 Å². The standard InChI is InChI=1S/2C10H23O2PS2.Mo/c2*1-2-3-4-5-6-7-8-9-10-15-13(11,12)14;/h2*2-10H2,1H3,(H2,11,12,14);/q;;+4/p-4. The van der Waals surface area contributed by atoms with Crippen LogP contribution in [0.5, 0.6) is 0 Å². The molecule has 0 rings (SSSR count). The molecule has 0 atom stereocenters. The molecule has 186 valence electrons. The second-order valence-electron chi connectivity index (χ2n) is 7.51. The van der Waals surface area contributed by atoms with Gasteiger partial charge in [-0.3, -0.25) is 0 Å². The first-order valence-corrected chi connectivity index (χ1v) is 19.9. The molecule has 0 heterocycles. The molecule has 0 radical (unpaired) electrons. The quantitative estimate of drug-likeness (QED) is 0.0973. The van der Waals surface area contributed by atoms with Crippen molar-refractivity contribution in [3.05, 3.63) is 0 Å². The van der Waals surface area contributed by atoms with Crippen LogP contribution in [0.4, 0.5) is 0 Å². The van der Waals surface area contributed by atoms with Crippen molar-refractivity contribution in [1.29, 1.82) is 0 Å². The molecular formula is C20H42MoO4P2S4. The van der Waals surface area contributed by atoms with E-state index in [4.69, 9.17) is 0 Å². The van der Waals surface area contributed by atoms with E-state index in [1.165, 1.54) is 77.0 Å². The summed E-state index contributed by atoms with van der Waals surface area (Å²) in [6, 6.07) is 0. The Morgan fingerprint density at radius 3 is 0.935 bits per heavy atom. The molecule has 31 heavy (non-hydrogen) atoms. The summed E-state index contributed by atoms with van der Waals surface area (Å²) in [6.07, 6.45) is 19.8. The summed E-state index contributed by atoms with van der Waals surface area (Å²) in [5, 5.41) is 0. The molecule has 0 amide bonds. The van der Waals surface area contributed by atoms with Crippen molar-refractivity contribution in [2.45, 2.75) is 117 Å². The molecule has 0 aromatic carbocycles. The molecule has 0 aliphatic heterocycles. The smallest absolute Gasteiger partial charge is 0.825 e. The molecule has 0 aliphatic rings. The average Bonchev–Trinajstić information content (AvgIpc) is 2.64. The van der Waals surface area contributed by atoms with Crippen LogP contribution >= 0.6 is 34.2 Å². The van der Waals surface area contributed by atoms with E-state index >= 15 is 0 Å². The molecule has 0 aliphatic carbocycles. The Bertz CT molecular complexity index is 411. The molecule has 0 aromatic rings. The number of hydrogen-bond acceptors (Lipinski definition) is 8. The average molecular weight is 633 g/mol. The summed E-state index contributed by atoms with van der Waals surface area (Å²) in [6.45, 7) is 4.43. The van der Waals surface area contributed by atoms with Gasteiger partial charge in [0.2, 0.25) is 0 Å². The number of hydrogen-bond donors (Lipinski definition) is 0. The van der Waals surface area contributed by atoms with Gasteiger partial charge in [-0.25, -0.2) is 0 Å². The van der Waals surface area contributed by atoms with Crippen LogP contribution in [-0.2, 0) is 44.7 Å². The monoisotopic (exact) mass is 634 g/mol. The minimum Gasteiger partial charge on any atom is -0.825 e. The Labute approximate surface area is 225 Å². The van der Waals surface area contributed by atoms with Gasteiger partial charge in [-0.15, -0.1) is 23.6 Å². The molecule has 0 spiro atoms. The van der Waals surface area contributed by atoms with Crippen molar-refractivity contribution in [1.82, 2.24) is 0 Å². The molecule has 11 heteroatoms. The summed E-state index contributed by atoms with van der Waals surface area (Å²) in [5.41, 5.74) is -6.97. The number of unbranched alkanes of at least 4 members (excludes halogenated alkanes) is 14. The fourth-order valence-electron chi connectivity index (χ4n) is 2.82. The zero-order valence-corrected chi connectivity index (χ0v) is 26.4. The Morgan fingerprint density at radius 2 is 0.710 bits per heavy atom. The normalized spacial score (nSPS) is 11.5. The largest absolute Gasteiger partial charge is 4.00 e. The Kier molecular flexibility index (Phi) is 33.3. The van der Waals surface area contributed by atoms with Gasteiger partial charge < -0.3 is 19.6 Å². The van der Waals surface area contributed by atoms with E-state index in [1.54, 1.807) is 0 Å². The van der Waals surface area contributed by atoms with Gasteiger partial charge in [0, 0.05) is 0 Å². The van der Waals surface area contributed by atoms with E-state index in [1.807, 2.05) is 0 Å². The summed E-state index contributed by atoms with van der Waals surface area (Å²) >= 11 is 10.4. The van der Waals surface area contributed by atoms with E-state index in [0.29, 0.717) is 11.5 Å². The maximum atomic E-state index is 10.6. The summed E-state index contributed by atoms with van der Waals surface area (Å²) in [5.74, 6) is 1.33. The van der Waals surface area contributed by atoms with Crippen LogP contribution in [0.3, 0.4) is 0 Å². The zero-order valence-electron chi connectivity index (χ0n) is 19.3. The van der Waals surface area contributed by atoms with Crippen molar-refractivity contribution in [2.24, 2.45) is 0 Å². The molecule has 0 bridgehead atoms. The van der Waals surface area contributed by atoms with Gasteiger partial charge in [0.15, 0.2) is 0 Å². The van der Waals surface area contributed by atoms with Crippen LogP contribution in [0.2, 0.25) is 0 Å². The summed E-state index contributed by atoms with van der Waals surface area (Å²) in [4.78, 5) is 42.6. The van der Waals surface area contributed by atoms with E-state index in [2.05, 4.69) is 37.5 Å². The second kappa shape index (κ2) is 27.1. The SMILES string of the molecule is CCCCCCCCCCSP([O-])([O-])=S.CCCCCCCCCCSP([O-])([O-])=S.[Mo+4]. The third kappa shape index (κ3) is 43.1. The van der Waals surface area contributed by atoms with Crippen molar-refractivity contribution < 1.29 is 40.6 Å². The van der Waals surface area contributed by atoms with Crippen LogP contribution in [0.15, 0.2) is 0 Å². The van der Waals surface area contributed by atoms with Gasteiger partial charge in [-0.1, -0.05) is 104 Å². The maximum absolute atomic E-state index is 10.6. The molecule has 0 saturated heterocycles. The predicted molar refractivity (Wildman–Crippen MR) is 139 cm³/mol. The Morgan fingerprint density at radius 1 is 0.484 bits per heavy atom. The van der Waals surface area contributed by atoms with E-state index in [0.717, 1.165) is 48.4 Å². The van der Waals surface area contributed by atoms with E-state index < -0.39 is 11.4 Å². The molecular weight excluding hydrogens is 590 g/mol. The van der Waals surface area contributed by atoms with Gasteiger partial charge in [-0.2, -0.15) is 34.2 Å². The van der Waals surface area contributed by atoms with Crippen LogP contribution < -0.4 is 19.6 Å². The van der Waals surface area contributed by atoms with Gasteiger partial charge >= 0.3 is 21.1 Å². The third-order valence-electron chi connectivity index (χ3n) is 4.49. The fraction of sp³-hybridized carbons (Fsp3) is 1.00. The predicted octanol–water partition coefficient (Wildman–Crippen LogP) is 5.61. The molecule has 0 fully saturated rings.